The molecule has 0 amide bonds. The molecule has 0 aliphatic carbocycles. The Morgan fingerprint density at radius 1 is 1.46 bits per heavy atom. The van der Waals surface area contributed by atoms with Gasteiger partial charge in [-0.05, 0) is 6.92 Å². The molecule has 1 rings (SSSR count). The molecule has 1 aliphatic heterocycles. The van der Waals surface area contributed by atoms with E-state index >= 15 is 0 Å². The molecule has 13 heavy (non-hydrogen) atoms. The molecule has 1 heterocycles. The van der Waals surface area contributed by atoms with Crippen molar-refractivity contribution in [3.8, 4) is 0 Å². The Kier molecular flexibility index (Phi) is 2.99. The molecule has 1 fully saturated rings. The lowest BCUT2D eigenvalue weighted by molar-refractivity contribution is -0.0802. The van der Waals surface area contributed by atoms with Gasteiger partial charge in [0.2, 0.25) is 0 Å². The highest BCUT2D eigenvalue weighted by atomic mass is 32.2. The maximum absolute atomic E-state index is 11.1. The van der Waals surface area contributed by atoms with Crippen LogP contribution in [0, 0.1) is 0 Å². The molecule has 0 aromatic carbocycles. The topological polar surface area (TPSA) is 57.6 Å². The average molecular weight is 207 g/mol. The zero-order valence-electron chi connectivity index (χ0n) is 8.15. The van der Waals surface area contributed by atoms with Gasteiger partial charge in [-0.1, -0.05) is 6.92 Å². The lowest BCUT2D eigenvalue weighted by Gasteiger charge is -2.44. The summed E-state index contributed by atoms with van der Waals surface area (Å²) in [5.41, 5.74) is -0.601. The first kappa shape index (κ1) is 10.9. The van der Waals surface area contributed by atoms with Gasteiger partial charge in [0.15, 0.2) is 9.84 Å². The summed E-state index contributed by atoms with van der Waals surface area (Å²) in [4.78, 5) is 1.95. The molecule has 1 N–H and O–H groups in total. The zero-order chi connectivity index (χ0) is 10.1. The van der Waals surface area contributed by atoms with E-state index in [0.29, 0.717) is 19.6 Å². The van der Waals surface area contributed by atoms with Gasteiger partial charge in [-0.2, -0.15) is 0 Å². The molecule has 1 aliphatic rings. The number of likely N-dealkylation sites (tertiary alicyclic amines) is 1. The summed E-state index contributed by atoms with van der Waals surface area (Å²) in [5.74, 6) is 0.414. The smallest absolute Gasteiger partial charge is 0.151 e. The molecule has 78 valence electrons. The van der Waals surface area contributed by atoms with Crippen molar-refractivity contribution >= 4 is 9.84 Å². The third-order valence-corrected chi connectivity index (χ3v) is 3.97. The molecular weight excluding hydrogens is 190 g/mol. The van der Waals surface area contributed by atoms with Gasteiger partial charge >= 0.3 is 0 Å². The molecule has 0 saturated carbocycles. The molecule has 0 unspecified atom stereocenters. The summed E-state index contributed by atoms with van der Waals surface area (Å²) in [7, 11) is -2.85. The van der Waals surface area contributed by atoms with Crippen LogP contribution in [0.3, 0.4) is 0 Å². The first-order valence-corrected chi connectivity index (χ1v) is 6.32. The monoisotopic (exact) mass is 207 g/mol. The number of nitrogens with zero attached hydrogens (tertiary/aromatic N) is 1. The molecule has 0 bridgehead atoms. The quantitative estimate of drug-likeness (QED) is 0.674. The molecule has 0 aromatic rings. The molecule has 5 heteroatoms. The van der Waals surface area contributed by atoms with Crippen molar-refractivity contribution in [3.63, 3.8) is 0 Å². The molecular formula is C8H17NO3S. The largest absolute Gasteiger partial charge is 0.388 e. The summed E-state index contributed by atoms with van der Waals surface area (Å²) < 4.78 is 22.2. The van der Waals surface area contributed by atoms with Crippen molar-refractivity contribution in [3.05, 3.63) is 0 Å². The van der Waals surface area contributed by atoms with E-state index in [4.69, 9.17) is 0 Å². The first-order valence-electron chi connectivity index (χ1n) is 4.50. The van der Waals surface area contributed by atoms with Crippen LogP contribution in [0.2, 0.25) is 0 Å². The van der Waals surface area contributed by atoms with E-state index in [1.165, 1.54) is 0 Å². The minimum absolute atomic E-state index is 0.206. The second-order valence-corrected chi connectivity index (χ2v) is 6.42. The first-order chi connectivity index (χ1) is 5.85. The maximum atomic E-state index is 11.1. The molecule has 0 aromatic heterocycles. The predicted octanol–water partition coefficient (Wildman–Crippen LogP) is -0.512. The lowest BCUT2D eigenvalue weighted by Crippen LogP contribution is -2.60. The Morgan fingerprint density at radius 3 is 2.38 bits per heavy atom. The summed E-state index contributed by atoms with van der Waals surface area (Å²) in [6, 6.07) is 0. The number of hydrogen-bond acceptors (Lipinski definition) is 4. The summed E-state index contributed by atoms with van der Waals surface area (Å²) >= 11 is 0. The van der Waals surface area contributed by atoms with Gasteiger partial charge in [-0.15, -0.1) is 0 Å². The highest BCUT2D eigenvalue weighted by molar-refractivity contribution is 7.91. The van der Waals surface area contributed by atoms with E-state index in [2.05, 4.69) is 0 Å². The van der Waals surface area contributed by atoms with E-state index in [0.717, 1.165) is 0 Å². The second-order valence-electron chi connectivity index (χ2n) is 3.94. The van der Waals surface area contributed by atoms with Crippen LogP contribution in [0.15, 0.2) is 0 Å². The van der Waals surface area contributed by atoms with Gasteiger partial charge in [0, 0.05) is 25.4 Å². The molecule has 0 spiro atoms. The maximum Gasteiger partial charge on any atom is 0.151 e. The van der Waals surface area contributed by atoms with Crippen LogP contribution in [0.25, 0.3) is 0 Å². The SMILES string of the molecule is CCS(=O)(=O)CCN1CC(C)(O)C1. The van der Waals surface area contributed by atoms with Crippen molar-refractivity contribution in [1.29, 1.82) is 0 Å². The van der Waals surface area contributed by atoms with E-state index in [9.17, 15) is 13.5 Å². The van der Waals surface area contributed by atoms with Crippen LogP contribution in [0.4, 0.5) is 0 Å². The fourth-order valence-electron chi connectivity index (χ4n) is 1.49. The van der Waals surface area contributed by atoms with Gasteiger partial charge in [0.1, 0.15) is 0 Å². The summed E-state index contributed by atoms with van der Waals surface area (Å²) in [6.07, 6.45) is 0. The number of hydrogen-bond donors (Lipinski definition) is 1. The van der Waals surface area contributed by atoms with Gasteiger partial charge in [-0.25, -0.2) is 8.42 Å². The Balaban J connectivity index is 2.23. The third kappa shape index (κ3) is 3.25. The van der Waals surface area contributed by atoms with Crippen LogP contribution in [-0.2, 0) is 9.84 Å². The average Bonchev–Trinajstić information content (AvgIpc) is 1.97. The second kappa shape index (κ2) is 3.55. The van der Waals surface area contributed by atoms with Crippen molar-refractivity contribution < 1.29 is 13.5 Å². The van der Waals surface area contributed by atoms with Crippen LogP contribution in [0.5, 0.6) is 0 Å². The number of sulfone groups is 1. The highest BCUT2D eigenvalue weighted by Gasteiger charge is 2.36. The van der Waals surface area contributed by atoms with Crippen molar-refractivity contribution in [2.45, 2.75) is 19.4 Å². The fraction of sp³-hybridized carbons (Fsp3) is 1.00. The number of rotatable bonds is 4. The van der Waals surface area contributed by atoms with Crippen molar-refractivity contribution in [2.75, 3.05) is 31.1 Å². The number of aliphatic hydroxyl groups is 1. The highest BCUT2D eigenvalue weighted by Crippen LogP contribution is 2.18. The zero-order valence-corrected chi connectivity index (χ0v) is 8.97. The Hall–Kier alpha value is -0.130. The van der Waals surface area contributed by atoms with Gasteiger partial charge in [-0.3, -0.25) is 4.90 Å². The van der Waals surface area contributed by atoms with E-state index in [-0.39, 0.29) is 11.5 Å². The Morgan fingerprint density at radius 2 is 2.00 bits per heavy atom. The van der Waals surface area contributed by atoms with Crippen LogP contribution in [-0.4, -0.2) is 55.2 Å². The van der Waals surface area contributed by atoms with E-state index in [1.54, 1.807) is 13.8 Å². The normalized spacial score (nSPS) is 22.7. The van der Waals surface area contributed by atoms with Crippen molar-refractivity contribution in [1.82, 2.24) is 4.90 Å². The van der Waals surface area contributed by atoms with E-state index < -0.39 is 15.4 Å². The minimum Gasteiger partial charge on any atom is -0.388 e. The van der Waals surface area contributed by atoms with Crippen LogP contribution in [0.1, 0.15) is 13.8 Å². The molecule has 0 radical (unpaired) electrons. The Labute approximate surface area is 79.5 Å². The van der Waals surface area contributed by atoms with Gasteiger partial charge < -0.3 is 5.11 Å². The standard InChI is InChI=1S/C8H17NO3S/c1-3-13(11,12)5-4-9-6-8(2,10)7-9/h10H,3-7H2,1-2H3. The van der Waals surface area contributed by atoms with E-state index in [1.807, 2.05) is 4.90 Å². The fourth-order valence-corrected chi connectivity index (χ4v) is 2.31. The summed E-state index contributed by atoms with van der Waals surface area (Å²) in [5, 5.41) is 9.38. The third-order valence-electron chi connectivity index (χ3n) is 2.29. The summed E-state index contributed by atoms with van der Waals surface area (Å²) in [6.45, 7) is 5.14. The van der Waals surface area contributed by atoms with Crippen molar-refractivity contribution in [2.24, 2.45) is 0 Å². The van der Waals surface area contributed by atoms with Crippen LogP contribution >= 0.6 is 0 Å². The van der Waals surface area contributed by atoms with Crippen LogP contribution < -0.4 is 0 Å². The van der Waals surface area contributed by atoms with Gasteiger partial charge in [0.25, 0.3) is 0 Å². The molecule has 4 nitrogen and oxygen atoms in total. The molecule has 1 saturated heterocycles. The van der Waals surface area contributed by atoms with Gasteiger partial charge in [0.05, 0.1) is 11.4 Å². The molecule has 0 atom stereocenters. The lowest BCUT2D eigenvalue weighted by atomic mass is 9.97. The Bertz CT molecular complexity index is 263. The predicted molar refractivity (Wildman–Crippen MR) is 51.4 cm³/mol. The number of β-amino-alcohol motifs (C(OH)–C–C–N with tert-alkyl or cyclic N) is 1. The minimum atomic E-state index is -2.85.